The summed E-state index contributed by atoms with van der Waals surface area (Å²) in [5, 5.41) is 3.06. The predicted molar refractivity (Wildman–Crippen MR) is 104 cm³/mol. The number of amides is 2. The molecule has 5 heteroatoms. The molecule has 0 aliphatic carbocycles. The molecule has 5 nitrogen and oxygen atoms in total. The molecule has 1 atom stereocenters. The maximum Gasteiger partial charge on any atom is 0.255 e. The average molecular weight is 363 g/mol. The molecule has 0 saturated carbocycles. The molecule has 2 heterocycles. The van der Waals surface area contributed by atoms with Gasteiger partial charge in [0, 0.05) is 25.2 Å². The Morgan fingerprint density at radius 2 is 1.70 bits per heavy atom. The Balaban J connectivity index is 1.51. The van der Waals surface area contributed by atoms with Gasteiger partial charge in [0.1, 0.15) is 6.04 Å². The van der Waals surface area contributed by atoms with Crippen LogP contribution in [0, 0.1) is 0 Å². The molecule has 27 heavy (non-hydrogen) atoms. The van der Waals surface area contributed by atoms with Crippen LogP contribution >= 0.6 is 0 Å². The van der Waals surface area contributed by atoms with E-state index >= 15 is 0 Å². The first-order valence-corrected chi connectivity index (χ1v) is 9.68. The third kappa shape index (κ3) is 3.74. The summed E-state index contributed by atoms with van der Waals surface area (Å²) in [4.78, 5) is 30.1. The van der Waals surface area contributed by atoms with Crippen LogP contribution in [0.4, 0.5) is 0 Å². The Hall–Kier alpha value is -2.66. The summed E-state index contributed by atoms with van der Waals surface area (Å²) in [6.07, 6.45) is 2.47. The Bertz CT molecular complexity index is 815. The molecule has 2 aromatic carbocycles. The van der Waals surface area contributed by atoms with Crippen LogP contribution in [0.1, 0.15) is 40.4 Å². The summed E-state index contributed by atoms with van der Waals surface area (Å²) in [5.74, 6) is -0.185. The normalized spacial score (nSPS) is 17.8. The minimum atomic E-state index is -0.607. The second kappa shape index (κ2) is 7.92. The van der Waals surface area contributed by atoms with Gasteiger partial charge >= 0.3 is 0 Å². The second-order valence-corrected chi connectivity index (χ2v) is 7.24. The molecule has 0 radical (unpaired) electrons. The highest BCUT2D eigenvalue weighted by atomic mass is 16.2. The lowest BCUT2D eigenvalue weighted by Gasteiger charge is -2.27. The van der Waals surface area contributed by atoms with Crippen LogP contribution in [0.5, 0.6) is 0 Å². The minimum absolute atomic E-state index is 0.0749. The fourth-order valence-corrected chi connectivity index (χ4v) is 4.03. The summed E-state index contributed by atoms with van der Waals surface area (Å²) in [6, 6.07) is 16.6. The van der Waals surface area contributed by atoms with E-state index in [1.54, 1.807) is 4.90 Å². The zero-order chi connectivity index (χ0) is 18.6. The third-order valence-corrected chi connectivity index (χ3v) is 5.45. The van der Waals surface area contributed by atoms with Crippen LogP contribution in [0.15, 0.2) is 54.6 Å². The zero-order valence-electron chi connectivity index (χ0n) is 15.4. The van der Waals surface area contributed by atoms with E-state index in [4.69, 9.17) is 0 Å². The van der Waals surface area contributed by atoms with E-state index in [-0.39, 0.29) is 11.8 Å². The number of likely N-dealkylation sites (tertiary alicyclic amines) is 1. The Labute approximate surface area is 160 Å². The van der Waals surface area contributed by atoms with Crippen molar-refractivity contribution >= 4 is 11.8 Å². The van der Waals surface area contributed by atoms with E-state index in [1.165, 1.54) is 12.8 Å². The highest BCUT2D eigenvalue weighted by Crippen LogP contribution is 2.31. The molecular formula is C22H25N3O2. The predicted octanol–water partition coefficient (Wildman–Crippen LogP) is 2.60. The molecule has 140 valence electrons. The standard InChI is InChI=1S/C22H25N3O2/c26-21(23-12-15-24-13-6-7-14-24)20(17-8-2-1-3-9-17)25-16-18-10-4-5-11-19(18)22(25)27/h1-5,8-11,20H,6-7,12-16H2,(H,23,26)/t20-/m0/s1. The van der Waals surface area contributed by atoms with Gasteiger partial charge in [-0.05, 0) is 43.1 Å². The first-order chi connectivity index (χ1) is 13.2. The van der Waals surface area contributed by atoms with Gasteiger partial charge in [-0.1, -0.05) is 48.5 Å². The average Bonchev–Trinajstić information content (AvgIpc) is 3.32. The number of carbonyl (C=O) groups is 2. The summed E-state index contributed by atoms with van der Waals surface area (Å²) in [6.45, 7) is 4.16. The topological polar surface area (TPSA) is 52.7 Å². The number of hydrogen-bond acceptors (Lipinski definition) is 3. The number of nitrogens with zero attached hydrogens (tertiary/aromatic N) is 2. The van der Waals surface area contributed by atoms with E-state index in [0.29, 0.717) is 18.7 Å². The van der Waals surface area contributed by atoms with Gasteiger partial charge in [0.25, 0.3) is 5.91 Å². The maximum atomic E-state index is 13.1. The van der Waals surface area contributed by atoms with Crippen molar-refractivity contribution in [1.29, 1.82) is 0 Å². The fourth-order valence-electron chi connectivity index (χ4n) is 4.03. The third-order valence-electron chi connectivity index (χ3n) is 5.45. The molecule has 2 amide bonds. The molecule has 1 saturated heterocycles. The fraction of sp³-hybridized carbons (Fsp3) is 0.364. The number of benzene rings is 2. The monoisotopic (exact) mass is 363 g/mol. The van der Waals surface area contributed by atoms with Crippen LogP contribution in [0.3, 0.4) is 0 Å². The van der Waals surface area contributed by atoms with Crippen molar-refractivity contribution in [1.82, 2.24) is 15.1 Å². The van der Waals surface area contributed by atoms with Crippen LogP contribution < -0.4 is 5.32 Å². The highest BCUT2D eigenvalue weighted by molar-refractivity contribution is 6.01. The molecule has 0 unspecified atom stereocenters. The van der Waals surface area contributed by atoms with Crippen molar-refractivity contribution in [2.75, 3.05) is 26.2 Å². The molecule has 1 N–H and O–H groups in total. The second-order valence-electron chi connectivity index (χ2n) is 7.24. The van der Waals surface area contributed by atoms with Gasteiger partial charge in [-0.15, -0.1) is 0 Å². The number of rotatable bonds is 6. The summed E-state index contributed by atoms with van der Waals surface area (Å²) in [7, 11) is 0. The first-order valence-electron chi connectivity index (χ1n) is 9.68. The zero-order valence-corrected chi connectivity index (χ0v) is 15.4. The van der Waals surface area contributed by atoms with E-state index in [9.17, 15) is 9.59 Å². The minimum Gasteiger partial charge on any atom is -0.353 e. The van der Waals surface area contributed by atoms with Crippen molar-refractivity contribution in [3.05, 3.63) is 71.3 Å². The molecule has 0 bridgehead atoms. The van der Waals surface area contributed by atoms with Crippen LogP contribution in [0.2, 0.25) is 0 Å². The van der Waals surface area contributed by atoms with Crippen molar-refractivity contribution in [2.24, 2.45) is 0 Å². The molecule has 0 aromatic heterocycles. The van der Waals surface area contributed by atoms with E-state index in [2.05, 4.69) is 10.2 Å². The lowest BCUT2D eigenvalue weighted by atomic mass is 10.0. The molecule has 4 rings (SSSR count). The molecule has 2 aliphatic rings. The van der Waals surface area contributed by atoms with E-state index in [0.717, 1.165) is 30.8 Å². The largest absolute Gasteiger partial charge is 0.353 e. The number of fused-ring (bicyclic) bond motifs is 1. The van der Waals surface area contributed by atoms with Gasteiger partial charge < -0.3 is 15.1 Å². The Morgan fingerprint density at radius 3 is 2.44 bits per heavy atom. The first kappa shape index (κ1) is 17.7. The lowest BCUT2D eigenvalue weighted by Crippen LogP contribution is -2.43. The van der Waals surface area contributed by atoms with E-state index in [1.807, 2.05) is 54.6 Å². The Morgan fingerprint density at radius 1 is 1.00 bits per heavy atom. The molecule has 1 fully saturated rings. The molecule has 0 spiro atoms. The molecular weight excluding hydrogens is 338 g/mol. The van der Waals surface area contributed by atoms with Gasteiger partial charge in [-0.2, -0.15) is 0 Å². The summed E-state index contributed by atoms with van der Waals surface area (Å²) >= 11 is 0. The van der Waals surface area contributed by atoms with Crippen molar-refractivity contribution < 1.29 is 9.59 Å². The van der Waals surface area contributed by atoms with Gasteiger partial charge in [0.15, 0.2) is 0 Å². The van der Waals surface area contributed by atoms with Crippen LogP contribution in [0.25, 0.3) is 0 Å². The van der Waals surface area contributed by atoms with Crippen molar-refractivity contribution in [2.45, 2.75) is 25.4 Å². The highest BCUT2D eigenvalue weighted by Gasteiger charge is 2.37. The van der Waals surface area contributed by atoms with Crippen molar-refractivity contribution in [3.8, 4) is 0 Å². The summed E-state index contributed by atoms with van der Waals surface area (Å²) in [5.41, 5.74) is 2.52. The smallest absolute Gasteiger partial charge is 0.255 e. The SMILES string of the molecule is O=C(NCCN1CCCC1)[C@H](c1ccccc1)N1Cc2ccccc2C1=O. The van der Waals surface area contributed by atoms with Crippen LogP contribution in [-0.2, 0) is 11.3 Å². The number of nitrogens with one attached hydrogen (secondary N) is 1. The van der Waals surface area contributed by atoms with Gasteiger partial charge in [0.05, 0.1) is 0 Å². The maximum absolute atomic E-state index is 13.1. The van der Waals surface area contributed by atoms with Gasteiger partial charge in [-0.25, -0.2) is 0 Å². The number of carbonyl (C=O) groups excluding carboxylic acids is 2. The quantitative estimate of drug-likeness (QED) is 0.858. The lowest BCUT2D eigenvalue weighted by molar-refractivity contribution is -0.126. The van der Waals surface area contributed by atoms with E-state index < -0.39 is 6.04 Å². The Kier molecular flexibility index (Phi) is 5.21. The van der Waals surface area contributed by atoms with Crippen LogP contribution in [-0.4, -0.2) is 47.8 Å². The molecule has 2 aromatic rings. The van der Waals surface area contributed by atoms with Crippen molar-refractivity contribution in [3.63, 3.8) is 0 Å². The summed E-state index contributed by atoms with van der Waals surface area (Å²) < 4.78 is 0. The van der Waals surface area contributed by atoms with Gasteiger partial charge in [-0.3, -0.25) is 9.59 Å². The molecule has 2 aliphatic heterocycles. The van der Waals surface area contributed by atoms with Gasteiger partial charge in [0.2, 0.25) is 5.91 Å². The number of hydrogen-bond donors (Lipinski definition) is 1.